The lowest BCUT2D eigenvalue weighted by molar-refractivity contribution is -0.384. The first-order valence-corrected chi connectivity index (χ1v) is 7.45. The lowest BCUT2D eigenvalue weighted by Crippen LogP contribution is -2.44. The number of nitro groups is 1. The molecule has 0 aliphatic carbocycles. The maximum absolute atomic E-state index is 12.0. The fourth-order valence-corrected chi connectivity index (χ4v) is 2.78. The molecule has 2 N–H and O–H groups in total. The minimum Gasteiger partial charge on any atom is -0.371 e. The first kappa shape index (κ1) is 16.7. The highest BCUT2D eigenvalue weighted by Crippen LogP contribution is 2.28. The van der Waals surface area contributed by atoms with Crippen LogP contribution in [0.1, 0.15) is 30.1 Å². The minimum absolute atomic E-state index is 0.0511. The van der Waals surface area contributed by atoms with Crippen molar-refractivity contribution in [2.75, 3.05) is 25.0 Å². The van der Waals surface area contributed by atoms with Gasteiger partial charge in [-0.1, -0.05) is 0 Å². The van der Waals surface area contributed by atoms with Crippen LogP contribution in [0.2, 0.25) is 0 Å². The number of benzene rings is 1. The zero-order chi connectivity index (χ0) is 17.0. The van der Waals surface area contributed by atoms with Gasteiger partial charge in [0.1, 0.15) is 0 Å². The SMILES string of the molecule is CNC(=O)c1cc([N+](=O)[O-])ccc1N1CCC(NC(C)=O)CC1. The zero-order valence-electron chi connectivity index (χ0n) is 13.2. The molecule has 1 saturated heterocycles. The topological polar surface area (TPSA) is 105 Å². The number of amides is 2. The van der Waals surface area contributed by atoms with E-state index >= 15 is 0 Å². The maximum atomic E-state index is 12.0. The van der Waals surface area contributed by atoms with E-state index in [0.29, 0.717) is 24.3 Å². The molecule has 23 heavy (non-hydrogen) atoms. The predicted molar refractivity (Wildman–Crippen MR) is 85.5 cm³/mol. The van der Waals surface area contributed by atoms with E-state index in [1.54, 1.807) is 6.07 Å². The number of hydrogen-bond acceptors (Lipinski definition) is 5. The van der Waals surface area contributed by atoms with Crippen molar-refractivity contribution in [3.8, 4) is 0 Å². The summed E-state index contributed by atoms with van der Waals surface area (Å²) in [5.41, 5.74) is 0.858. The molecule has 124 valence electrons. The van der Waals surface area contributed by atoms with Gasteiger partial charge in [0.25, 0.3) is 11.6 Å². The van der Waals surface area contributed by atoms with Gasteiger partial charge < -0.3 is 15.5 Å². The van der Waals surface area contributed by atoms with Crippen molar-refractivity contribution >= 4 is 23.2 Å². The Hall–Kier alpha value is -2.64. The molecule has 1 aliphatic rings. The molecule has 0 bridgehead atoms. The summed E-state index contributed by atoms with van der Waals surface area (Å²) < 4.78 is 0. The Morgan fingerprint density at radius 3 is 2.48 bits per heavy atom. The molecule has 0 radical (unpaired) electrons. The summed E-state index contributed by atoms with van der Waals surface area (Å²) in [5, 5.41) is 16.3. The highest BCUT2D eigenvalue weighted by Gasteiger charge is 2.24. The quantitative estimate of drug-likeness (QED) is 0.637. The molecule has 0 spiro atoms. The molecule has 8 heteroatoms. The van der Waals surface area contributed by atoms with Crippen LogP contribution in [0.3, 0.4) is 0 Å². The number of anilines is 1. The number of nitrogens with one attached hydrogen (secondary N) is 2. The number of nitrogens with zero attached hydrogens (tertiary/aromatic N) is 2. The normalized spacial score (nSPS) is 15.1. The summed E-state index contributed by atoms with van der Waals surface area (Å²) in [6, 6.07) is 4.45. The number of carbonyl (C=O) groups excluding carboxylic acids is 2. The van der Waals surface area contributed by atoms with Gasteiger partial charge >= 0.3 is 0 Å². The van der Waals surface area contributed by atoms with Crippen molar-refractivity contribution in [2.24, 2.45) is 0 Å². The van der Waals surface area contributed by atoms with Crippen LogP contribution in [0.15, 0.2) is 18.2 Å². The van der Waals surface area contributed by atoms with Crippen LogP contribution in [0.4, 0.5) is 11.4 Å². The Morgan fingerprint density at radius 2 is 1.96 bits per heavy atom. The standard InChI is InChI=1S/C15H20N4O4/c1-10(20)17-11-5-7-18(8-6-11)14-4-3-12(19(22)23)9-13(14)15(21)16-2/h3-4,9,11H,5-8H2,1-2H3,(H,16,21)(H,17,20). The van der Waals surface area contributed by atoms with Gasteiger partial charge in [-0.05, 0) is 18.9 Å². The van der Waals surface area contributed by atoms with Crippen molar-refractivity contribution in [2.45, 2.75) is 25.8 Å². The molecule has 1 aromatic carbocycles. The van der Waals surface area contributed by atoms with Crippen LogP contribution in [-0.4, -0.2) is 42.9 Å². The summed E-state index contributed by atoms with van der Waals surface area (Å²) in [6.45, 7) is 2.84. The molecule has 2 amide bonds. The Labute approximate surface area is 134 Å². The molecular weight excluding hydrogens is 300 g/mol. The van der Waals surface area contributed by atoms with E-state index in [9.17, 15) is 19.7 Å². The van der Waals surface area contributed by atoms with Crippen LogP contribution < -0.4 is 15.5 Å². The van der Waals surface area contributed by atoms with Gasteiger partial charge in [0.2, 0.25) is 5.91 Å². The van der Waals surface area contributed by atoms with E-state index in [2.05, 4.69) is 10.6 Å². The maximum Gasteiger partial charge on any atom is 0.270 e. The van der Waals surface area contributed by atoms with Gasteiger partial charge in [-0.3, -0.25) is 19.7 Å². The fourth-order valence-electron chi connectivity index (χ4n) is 2.78. The van der Waals surface area contributed by atoms with Crippen molar-refractivity contribution < 1.29 is 14.5 Å². The minimum atomic E-state index is -0.515. The molecule has 1 aliphatic heterocycles. The number of piperidine rings is 1. The van der Waals surface area contributed by atoms with Crippen LogP contribution >= 0.6 is 0 Å². The Bertz CT molecular complexity index is 624. The zero-order valence-corrected chi connectivity index (χ0v) is 13.2. The Kier molecular flexibility index (Phi) is 5.15. The van der Waals surface area contributed by atoms with E-state index in [-0.39, 0.29) is 23.5 Å². The summed E-state index contributed by atoms with van der Waals surface area (Å²) in [7, 11) is 1.49. The molecule has 0 atom stereocenters. The average Bonchev–Trinajstić information content (AvgIpc) is 2.53. The monoisotopic (exact) mass is 320 g/mol. The van der Waals surface area contributed by atoms with Gasteiger partial charge in [0.15, 0.2) is 0 Å². The molecule has 1 fully saturated rings. The largest absolute Gasteiger partial charge is 0.371 e. The van der Waals surface area contributed by atoms with E-state index in [0.717, 1.165) is 12.8 Å². The van der Waals surface area contributed by atoms with Crippen molar-refractivity contribution in [3.63, 3.8) is 0 Å². The number of hydrogen-bond donors (Lipinski definition) is 2. The van der Waals surface area contributed by atoms with Crippen molar-refractivity contribution in [1.82, 2.24) is 10.6 Å². The lowest BCUT2D eigenvalue weighted by Gasteiger charge is -2.34. The van der Waals surface area contributed by atoms with E-state index in [4.69, 9.17) is 0 Å². The fraction of sp³-hybridized carbons (Fsp3) is 0.467. The molecule has 0 saturated carbocycles. The van der Waals surface area contributed by atoms with Crippen LogP contribution in [-0.2, 0) is 4.79 Å². The summed E-state index contributed by atoms with van der Waals surface area (Å²) in [5.74, 6) is -0.405. The third-order valence-electron chi connectivity index (χ3n) is 3.91. The van der Waals surface area contributed by atoms with E-state index in [1.165, 1.54) is 26.1 Å². The smallest absolute Gasteiger partial charge is 0.270 e. The van der Waals surface area contributed by atoms with Crippen molar-refractivity contribution in [1.29, 1.82) is 0 Å². The van der Waals surface area contributed by atoms with E-state index < -0.39 is 4.92 Å². The number of nitro benzene ring substituents is 1. The molecular formula is C15H20N4O4. The second-order valence-corrected chi connectivity index (χ2v) is 5.50. The third-order valence-corrected chi connectivity index (χ3v) is 3.91. The number of non-ortho nitro benzene ring substituents is 1. The summed E-state index contributed by atoms with van der Waals surface area (Å²) in [4.78, 5) is 35.6. The molecule has 1 aromatic rings. The Balaban J connectivity index is 2.21. The predicted octanol–water partition coefficient (Wildman–Crippen LogP) is 1.06. The lowest BCUT2D eigenvalue weighted by atomic mass is 10.0. The first-order chi connectivity index (χ1) is 10.9. The van der Waals surface area contributed by atoms with Crippen LogP contribution in [0.5, 0.6) is 0 Å². The van der Waals surface area contributed by atoms with Crippen LogP contribution in [0.25, 0.3) is 0 Å². The number of rotatable bonds is 4. The van der Waals surface area contributed by atoms with Crippen molar-refractivity contribution in [3.05, 3.63) is 33.9 Å². The second-order valence-electron chi connectivity index (χ2n) is 5.50. The molecule has 1 heterocycles. The van der Waals surface area contributed by atoms with Gasteiger partial charge in [0, 0.05) is 45.2 Å². The van der Waals surface area contributed by atoms with Gasteiger partial charge in [-0.25, -0.2) is 0 Å². The number of carbonyl (C=O) groups is 2. The molecule has 2 rings (SSSR count). The van der Waals surface area contributed by atoms with Gasteiger partial charge in [0.05, 0.1) is 16.2 Å². The summed E-state index contributed by atoms with van der Waals surface area (Å²) in [6.07, 6.45) is 1.54. The molecule has 0 aromatic heterocycles. The summed E-state index contributed by atoms with van der Waals surface area (Å²) >= 11 is 0. The molecule has 0 unspecified atom stereocenters. The van der Waals surface area contributed by atoms with Crippen LogP contribution in [0, 0.1) is 10.1 Å². The highest BCUT2D eigenvalue weighted by atomic mass is 16.6. The molecule has 8 nitrogen and oxygen atoms in total. The Morgan fingerprint density at radius 1 is 1.30 bits per heavy atom. The van der Waals surface area contributed by atoms with Gasteiger partial charge in [-0.15, -0.1) is 0 Å². The second kappa shape index (κ2) is 7.08. The van der Waals surface area contributed by atoms with E-state index in [1.807, 2.05) is 4.90 Å². The third kappa shape index (κ3) is 3.97. The average molecular weight is 320 g/mol. The highest BCUT2D eigenvalue weighted by molar-refractivity contribution is 6.00. The van der Waals surface area contributed by atoms with Gasteiger partial charge in [-0.2, -0.15) is 0 Å². The first-order valence-electron chi connectivity index (χ1n) is 7.45.